The number of hydrogen-bond acceptors (Lipinski definition) is 3. The minimum Gasteiger partial charge on any atom is -0.496 e. The summed E-state index contributed by atoms with van der Waals surface area (Å²) >= 11 is 3.53. The van der Waals surface area contributed by atoms with Gasteiger partial charge in [0.05, 0.1) is 44.0 Å². The summed E-state index contributed by atoms with van der Waals surface area (Å²) in [5.74, 6) is 0.836. The van der Waals surface area contributed by atoms with E-state index in [1.165, 1.54) is 16.3 Å². The highest BCUT2D eigenvalue weighted by atomic mass is 79.9. The summed E-state index contributed by atoms with van der Waals surface area (Å²) in [5, 5.41) is 9.55. The molecule has 0 atom stereocenters. The predicted octanol–water partition coefficient (Wildman–Crippen LogP) is 3.35. The molecule has 1 aliphatic heterocycles. The van der Waals surface area contributed by atoms with E-state index < -0.39 is 0 Å². The van der Waals surface area contributed by atoms with Gasteiger partial charge in [-0.25, -0.2) is 0 Å². The molecule has 4 rings (SSSR count). The van der Waals surface area contributed by atoms with Crippen LogP contribution in [0.2, 0.25) is 0 Å². The summed E-state index contributed by atoms with van der Waals surface area (Å²) in [6.45, 7) is 5.24. The van der Waals surface area contributed by atoms with E-state index in [0.29, 0.717) is 0 Å². The Balaban J connectivity index is 1.35. The van der Waals surface area contributed by atoms with E-state index in [0.717, 1.165) is 48.5 Å². The molecule has 4 nitrogen and oxygen atoms in total. The minimum atomic E-state index is 0.836. The van der Waals surface area contributed by atoms with Crippen LogP contribution in [-0.2, 0) is 6.54 Å². The maximum absolute atomic E-state index is 5.28. The average molecular weight is 439 g/mol. The summed E-state index contributed by atoms with van der Waals surface area (Å²) < 4.78 is 6.22. The zero-order valence-electron chi connectivity index (χ0n) is 16.1. The lowest BCUT2D eigenvalue weighted by Gasteiger charge is -2.30. The van der Waals surface area contributed by atoms with Crippen molar-refractivity contribution in [3.63, 3.8) is 0 Å². The molecular formula is C23H25BrN3O+. The van der Waals surface area contributed by atoms with Crippen LogP contribution in [-0.4, -0.2) is 44.5 Å². The second-order valence-electron chi connectivity index (χ2n) is 7.16. The maximum atomic E-state index is 5.28. The fourth-order valence-corrected chi connectivity index (χ4v) is 4.29. The van der Waals surface area contributed by atoms with Gasteiger partial charge in [-0.05, 0) is 50.5 Å². The lowest BCUT2D eigenvalue weighted by molar-refractivity contribution is -0.918. The third kappa shape index (κ3) is 4.37. The van der Waals surface area contributed by atoms with Gasteiger partial charge in [0.1, 0.15) is 12.3 Å². The number of nitrogens with one attached hydrogen (secondary N) is 1. The average Bonchev–Trinajstić information content (AvgIpc) is 2.74. The van der Waals surface area contributed by atoms with Crippen LogP contribution < -0.4 is 9.64 Å². The summed E-state index contributed by atoms with van der Waals surface area (Å²) in [6, 6.07) is 21.3. The maximum Gasteiger partial charge on any atom is 0.133 e. The number of ether oxygens (including phenoxy) is 1. The number of benzene rings is 3. The Bertz CT molecular complexity index is 975. The zero-order chi connectivity index (χ0) is 19.3. The summed E-state index contributed by atoms with van der Waals surface area (Å²) in [5.41, 5.74) is 2.51. The van der Waals surface area contributed by atoms with Crippen LogP contribution in [0.1, 0.15) is 11.1 Å². The molecule has 1 aliphatic rings. The first-order valence-electron chi connectivity index (χ1n) is 9.65. The van der Waals surface area contributed by atoms with Gasteiger partial charge in [0.2, 0.25) is 0 Å². The molecule has 0 bridgehead atoms. The van der Waals surface area contributed by atoms with Gasteiger partial charge < -0.3 is 9.64 Å². The van der Waals surface area contributed by atoms with Crippen molar-refractivity contribution in [2.75, 3.05) is 33.3 Å². The van der Waals surface area contributed by atoms with Gasteiger partial charge in [-0.15, -0.1) is 0 Å². The molecule has 1 heterocycles. The topological polar surface area (TPSA) is 29.3 Å². The summed E-state index contributed by atoms with van der Waals surface area (Å²) in [6.07, 6.45) is 1.93. The summed E-state index contributed by atoms with van der Waals surface area (Å²) in [7, 11) is 1.67. The number of hydrogen-bond donors (Lipinski definition) is 1. The Morgan fingerprint density at radius 3 is 2.64 bits per heavy atom. The fraction of sp³-hybridized carbons (Fsp3) is 0.261. The van der Waals surface area contributed by atoms with Crippen molar-refractivity contribution in [2.45, 2.75) is 6.54 Å². The van der Waals surface area contributed by atoms with Crippen LogP contribution in [0.15, 0.2) is 70.2 Å². The smallest absolute Gasteiger partial charge is 0.133 e. The Kier molecular flexibility index (Phi) is 5.93. The number of fused-ring (bicyclic) bond motifs is 1. The Morgan fingerprint density at radius 2 is 1.86 bits per heavy atom. The number of hydrazone groups is 1. The molecule has 0 unspecified atom stereocenters. The number of methoxy groups -OCH3 is 1. The molecule has 0 spiro atoms. The second-order valence-corrected chi connectivity index (χ2v) is 8.01. The molecule has 3 aromatic rings. The molecule has 1 fully saturated rings. The largest absolute Gasteiger partial charge is 0.496 e. The highest BCUT2D eigenvalue weighted by Gasteiger charge is 2.19. The Labute approximate surface area is 174 Å². The van der Waals surface area contributed by atoms with Crippen molar-refractivity contribution in [3.8, 4) is 5.75 Å². The monoisotopic (exact) mass is 438 g/mol. The van der Waals surface area contributed by atoms with Crippen molar-refractivity contribution in [3.05, 3.63) is 76.3 Å². The van der Waals surface area contributed by atoms with Gasteiger partial charge in [0, 0.05) is 5.56 Å². The molecule has 28 heavy (non-hydrogen) atoms. The van der Waals surface area contributed by atoms with Gasteiger partial charge in [-0.1, -0.05) is 42.5 Å². The van der Waals surface area contributed by atoms with Crippen LogP contribution in [0.25, 0.3) is 10.8 Å². The van der Waals surface area contributed by atoms with Gasteiger partial charge in [0.15, 0.2) is 0 Å². The quantitative estimate of drug-likeness (QED) is 0.618. The fourth-order valence-electron chi connectivity index (χ4n) is 3.73. The number of quaternary nitrogens is 1. The number of halogens is 1. The molecule has 1 saturated heterocycles. The number of nitrogens with zero attached hydrogens (tertiary/aromatic N) is 2. The lowest BCUT2D eigenvalue weighted by Crippen LogP contribution is -3.13. The molecule has 1 N–H and O–H groups in total. The highest BCUT2D eigenvalue weighted by Crippen LogP contribution is 2.24. The van der Waals surface area contributed by atoms with E-state index in [4.69, 9.17) is 4.74 Å². The van der Waals surface area contributed by atoms with E-state index in [9.17, 15) is 0 Å². The first-order chi connectivity index (χ1) is 13.7. The Morgan fingerprint density at radius 1 is 1.07 bits per heavy atom. The van der Waals surface area contributed by atoms with Crippen LogP contribution in [0, 0.1) is 0 Å². The van der Waals surface area contributed by atoms with Crippen LogP contribution in [0.5, 0.6) is 5.75 Å². The van der Waals surface area contributed by atoms with Gasteiger partial charge in [-0.2, -0.15) is 5.10 Å². The van der Waals surface area contributed by atoms with Crippen molar-refractivity contribution in [1.29, 1.82) is 0 Å². The van der Waals surface area contributed by atoms with Gasteiger partial charge in [-0.3, -0.25) is 5.01 Å². The van der Waals surface area contributed by atoms with Crippen molar-refractivity contribution in [2.24, 2.45) is 5.10 Å². The molecule has 0 saturated carbocycles. The van der Waals surface area contributed by atoms with E-state index in [2.05, 4.69) is 68.5 Å². The normalized spacial score (nSPS) is 15.4. The first kappa shape index (κ1) is 19.0. The molecule has 0 radical (unpaired) electrons. The number of piperazine rings is 1. The zero-order valence-corrected chi connectivity index (χ0v) is 17.7. The van der Waals surface area contributed by atoms with E-state index in [1.54, 1.807) is 12.0 Å². The Hall–Kier alpha value is -2.37. The molecule has 5 heteroatoms. The summed E-state index contributed by atoms with van der Waals surface area (Å²) in [4.78, 5) is 1.62. The van der Waals surface area contributed by atoms with Crippen LogP contribution in [0.3, 0.4) is 0 Å². The molecule has 144 valence electrons. The highest BCUT2D eigenvalue weighted by molar-refractivity contribution is 9.10. The molecule has 0 aromatic heterocycles. The minimum absolute atomic E-state index is 0.836. The molecule has 0 amide bonds. The van der Waals surface area contributed by atoms with E-state index in [-0.39, 0.29) is 0 Å². The van der Waals surface area contributed by atoms with Crippen LogP contribution >= 0.6 is 15.9 Å². The molecule has 3 aromatic carbocycles. The number of rotatable bonds is 5. The third-order valence-corrected chi connectivity index (χ3v) is 5.93. The molecule has 0 aliphatic carbocycles. The van der Waals surface area contributed by atoms with E-state index in [1.807, 2.05) is 24.4 Å². The predicted molar refractivity (Wildman–Crippen MR) is 118 cm³/mol. The van der Waals surface area contributed by atoms with Crippen molar-refractivity contribution < 1.29 is 9.64 Å². The molecular weight excluding hydrogens is 414 g/mol. The van der Waals surface area contributed by atoms with Crippen molar-refractivity contribution in [1.82, 2.24) is 5.01 Å². The van der Waals surface area contributed by atoms with Gasteiger partial charge in [0.25, 0.3) is 0 Å². The third-order valence-electron chi connectivity index (χ3n) is 5.31. The van der Waals surface area contributed by atoms with E-state index >= 15 is 0 Å². The lowest BCUT2D eigenvalue weighted by atomic mass is 10.0. The van der Waals surface area contributed by atoms with Crippen LogP contribution in [0.4, 0.5) is 0 Å². The van der Waals surface area contributed by atoms with Gasteiger partial charge >= 0.3 is 0 Å². The SMILES string of the molecule is COc1ccc(/C=N\N2CC[NH+](Cc3cccc4ccccc34)CC2)cc1Br. The standard InChI is InChI=1S/C23H24BrN3O/c1-28-23-10-9-18(15-22(23)24)16-25-27-13-11-26(12-14-27)17-20-7-4-6-19-5-2-3-8-21(19)20/h2-10,15-16H,11-14,17H2,1H3/p+1/b25-16-. The first-order valence-corrected chi connectivity index (χ1v) is 10.4. The second kappa shape index (κ2) is 8.76. The van der Waals surface area contributed by atoms with Crippen molar-refractivity contribution >= 4 is 32.9 Å².